The number of carbonyl (C=O) groups excluding carboxylic acids is 3. The van der Waals surface area contributed by atoms with E-state index in [-0.39, 0.29) is 48.9 Å². The third kappa shape index (κ3) is 12.6. The Labute approximate surface area is 456 Å². The molecule has 0 saturated carbocycles. The molecule has 2 N–H and O–H groups in total. The van der Waals surface area contributed by atoms with Gasteiger partial charge in [-0.15, -0.1) is 0 Å². The summed E-state index contributed by atoms with van der Waals surface area (Å²) in [6.07, 6.45) is 0. The van der Waals surface area contributed by atoms with Crippen LogP contribution in [0.3, 0.4) is 0 Å². The number of ether oxygens (including phenoxy) is 2. The second-order valence-electron chi connectivity index (χ2n) is 18.3. The molecule has 4 aromatic rings. The molecule has 4 atom stereocenters. The van der Waals surface area contributed by atoms with E-state index in [1.807, 2.05) is 111 Å². The minimum Gasteiger partial charge on any atom is -0.477 e. The van der Waals surface area contributed by atoms with Crippen molar-refractivity contribution in [2.24, 2.45) is 21.8 Å². The van der Waals surface area contributed by atoms with Crippen molar-refractivity contribution in [3.8, 4) is 0 Å². The summed E-state index contributed by atoms with van der Waals surface area (Å²) in [4.78, 5) is 64.7. The van der Waals surface area contributed by atoms with Crippen molar-refractivity contribution in [1.29, 1.82) is 0 Å². The summed E-state index contributed by atoms with van der Waals surface area (Å²) in [6, 6.07) is 30.5. The van der Waals surface area contributed by atoms with Gasteiger partial charge in [0.25, 0.3) is 5.91 Å². The van der Waals surface area contributed by atoms with Gasteiger partial charge in [-0.1, -0.05) is 123 Å². The van der Waals surface area contributed by atoms with Crippen molar-refractivity contribution in [3.63, 3.8) is 0 Å². The molecule has 1 amide bonds. The number of allylic oxidation sites excluding steroid dienone is 2. The molecule has 0 aromatic heterocycles. The molecule has 0 spiro atoms. The van der Waals surface area contributed by atoms with Crippen molar-refractivity contribution in [3.05, 3.63) is 161 Å². The van der Waals surface area contributed by atoms with E-state index in [9.17, 15) is 24.3 Å². The first-order chi connectivity index (χ1) is 34.6. The van der Waals surface area contributed by atoms with E-state index >= 15 is 0 Å². The number of aliphatic carboxylic acids is 1. The number of amides is 1. The van der Waals surface area contributed by atoms with E-state index in [1.54, 1.807) is 27.9 Å². The molecule has 0 saturated heterocycles. The van der Waals surface area contributed by atoms with Crippen LogP contribution < -0.4 is 5.32 Å². The summed E-state index contributed by atoms with van der Waals surface area (Å²) in [7, 11) is 3.32. The third-order valence-electron chi connectivity index (χ3n) is 12.4. The fraction of sp³-hybridized carbons (Fsp3) is 0.370. The fourth-order valence-electron chi connectivity index (χ4n) is 9.13. The zero-order valence-corrected chi connectivity index (χ0v) is 47.0. The lowest BCUT2D eigenvalue weighted by atomic mass is 9.81. The Kier molecular flexibility index (Phi) is 19.3. The largest absolute Gasteiger partial charge is 0.477 e. The molecule has 8 rings (SSSR count). The highest BCUT2D eigenvalue weighted by molar-refractivity contribution is 8.18. The lowest BCUT2D eigenvalue weighted by molar-refractivity contribution is -0.147. The summed E-state index contributed by atoms with van der Waals surface area (Å²) in [5, 5.41) is 16.5. The average Bonchev–Trinajstić information content (AvgIpc) is 4.05. The molecule has 0 radical (unpaired) electrons. The normalized spacial score (nSPS) is 20.7. The molecule has 0 aliphatic carbocycles. The summed E-state index contributed by atoms with van der Waals surface area (Å²) in [5.41, 5.74) is 4.53. The summed E-state index contributed by atoms with van der Waals surface area (Å²) >= 11 is 27.2. The number of hydrogen-bond acceptors (Lipinski definition) is 13. The number of nitrogens with zero attached hydrogens (tertiary/aromatic N) is 5. The van der Waals surface area contributed by atoms with Crippen LogP contribution in [0.25, 0.3) is 0 Å². The van der Waals surface area contributed by atoms with Crippen molar-refractivity contribution in [2.45, 2.75) is 78.6 Å². The Balaban J connectivity index is 0.000000210. The van der Waals surface area contributed by atoms with Crippen LogP contribution >= 0.6 is 69.9 Å². The smallest absolute Gasteiger partial charge is 0.344 e. The van der Waals surface area contributed by atoms with Gasteiger partial charge in [0.1, 0.15) is 27.4 Å². The quantitative estimate of drug-likeness (QED) is 0.116. The van der Waals surface area contributed by atoms with Gasteiger partial charge in [-0.25, -0.2) is 14.8 Å². The Morgan fingerprint density at radius 2 is 1.00 bits per heavy atom. The van der Waals surface area contributed by atoms with Gasteiger partial charge in [0.15, 0.2) is 10.3 Å². The number of thioether (sulfide) groups is 2. The number of carboxylic acids is 1. The Morgan fingerprint density at radius 1 is 0.644 bits per heavy atom. The highest BCUT2D eigenvalue weighted by Gasteiger charge is 2.55. The topological polar surface area (TPSA) is 153 Å². The Morgan fingerprint density at radius 3 is 1.36 bits per heavy atom. The second kappa shape index (κ2) is 24.6. The van der Waals surface area contributed by atoms with E-state index in [0.717, 1.165) is 38.8 Å². The Bertz CT molecular complexity index is 2800. The summed E-state index contributed by atoms with van der Waals surface area (Å²) in [6.45, 7) is 16.8. The van der Waals surface area contributed by atoms with E-state index < -0.39 is 23.0 Å². The van der Waals surface area contributed by atoms with Crippen LogP contribution in [0.1, 0.15) is 89.7 Å². The molecule has 4 aromatic carbocycles. The lowest BCUT2D eigenvalue weighted by Gasteiger charge is -2.37. The van der Waals surface area contributed by atoms with Crippen LogP contribution in [-0.4, -0.2) is 94.4 Å². The van der Waals surface area contributed by atoms with E-state index in [0.29, 0.717) is 48.2 Å². The van der Waals surface area contributed by atoms with E-state index in [4.69, 9.17) is 61.1 Å². The van der Waals surface area contributed by atoms with Crippen LogP contribution in [0, 0.1) is 11.8 Å². The van der Waals surface area contributed by atoms with Crippen molar-refractivity contribution < 1.29 is 33.8 Å². The number of aliphatic imine (C=N–C) groups is 2. The highest BCUT2D eigenvalue weighted by atomic mass is 35.5. The number of rotatable bonds is 14. The van der Waals surface area contributed by atoms with Crippen molar-refractivity contribution >= 4 is 104 Å². The Hall–Kier alpha value is -5.00. The lowest BCUT2D eigenvalue weighted by Crippen LogP contribution is -2.37. The van der Waals surface area contributed by atoms with Crippen molar-refractivity contribution in [2.75, 3.05) is 40.4 Å². The van der Waals surface area contributed by atoms with Gasteiger partial charge >= 0.3 is 17.9 Å². The first-order valence-electron chi connectivity index (χ1n) is 23.7. The molecule has 4 heterocycles. The maximum absolute atomic E-state index is 13.5. The van der Waals surface area contributed by atoms with Crippen LogP contribution in [0.4, 0.5) is 0 Å². The van der Waals surface area contributed by atoms with Gasteiger partial charge in [0.2, 0.25) is 0 Å². The van der Waals surface area contributed by atoms with Crippen molar-refractivity contribution in [1.82, 2.24) is 20.0 Å². The molecule has 4 aliphatic rings. The number of nitrogens with one attached hydrogen (secondary N) is 1. The molecule has 0 bridgehead atoms. The van der Waals surface area contributed by atoms with Gasteiger partial charge < -0.3 is 34.6 Å². The zero-order valence-electron chi connectivity index (χ0n) is 42.3. The number of carbonyl (C=O) groups is 4. The first-order valence-corrected chi connectivity index (χ1v) is 26.8. The van der Waals surface area contributed by atoms with Gasteiger partial charge in [-0.2, -0.15) is 0 Å². The maximum Gasteiger partial charge on any atom is 0.344 e. The van der Waals surface area contributed by atoms with Gasteiger partial charge in [0, 0.05) is 38.5 Å². The highest BCUT2D eigenvalue weighted by Crippen LogP contribution is 2.58. The standard InChI is InChI=1S/C27H29Cl2N3O3S.C22H20Cl2N2O2S.C5H11NO2/c1-6-35-21(33)15-31(5)25(34)23-22(16(2)3)32-24(17-7-11-19(28)12-8-17)27(4,30-26(32)36-23)18-9-13-20(29)14-10-18;1-12(2)17-18(20(27)28)29-21-25-22(3,14-6-10-16(24)11-7-14)19(26(17)21)13-4-8-15(23)9-5-13;1-3-8-5(7)4-6-2/h7-14,16,24H,6,15H2,1-5H3;4-12,19H,1-3H3,(H,27,28);6H,3-4H2,1-2H3. The number of hydrogen-bond donors (Lipinski definition) is 2. The second-order valence-corrected chi connectivity index (χ2v) is 22.0. The molecule has 388 valence electrons. The SMILES string of the molecule is CC(C)C1=C(C(=O)O)SC2=NC(C)(c3ccc(Cl)cc3)C(c3ccc(Cl)cc3)N21.CCOC(=O)CN(C)C(=O)C1=C(C(C)C)N2C(=NC(C)(c3ccc(Cl)cc3)C2c2ccc(Cl)cc2)S1.CCOC(=O)CNC. The molecule has 4 unspecified atom stereocenters. The minimum atomic E-state index is -0.918. The predicted molar refractivity (Wildman–Crippen MR) is 296 cm³/mol. The number of halogens is 4. The molecule has 19 heteroatoms. The van der Waals surface area contributed by atoms with Gasteiger partial charge in [0.05, 0.1) is 31.8 Å². The summed E-state index contributed by atoms with van der Waals surface area (Å²) in [5.74, 6) is -1.72. The fourth-order valence-corrected chi connectivity index (χ4v) is 12.3. The summed E-state index contributed by atoms with van der Waals surface area (Å²) < 4.78 is 9.61. The molecule has 13 nitrogen and oxygen atoms in total. The zero-order chi connectivity index (χ0) is 53.5. The van der Waals surface area contributed by atoms with Crippen LogP contribution in [0.15, 0.2) is 128 Å². The van der Waals surface area contributed by atoms with Crippen LogP contribution in [0.5, 0.6) is 0 Å². The third-order valence-corrected chi connectivity index (χ3v) is 15.5. The number of amidine groups is 2. The average molecular weight is 1110 g/mol. The van der Waals surface area contributed by atoms with Gasteiger partial charge in [-0.05, 0) is 141 Å². The predicted octanol–water partition coefficient (Wildman–Crippen LogP) is 12.3. The number of carboxylic acid groups (broad SMARTS) is 1. The van der Waals surface area contributed by atoms with E-state index in [1.165, 1.54) is 28.4 Å². The van der Waals surface area contributed by atoms with Crippen LogP contribution in [-0.2, 0) is 39.7 Å². The number of benzene rings is 4. The molecular weight excluding hydrogens is 1050 g/mol. The minimum absolute atomic E-state index is 0.0301. The number of likely N-dealkylation sites (N-methyl/N-ethyl adjacent to an activating group) is 2. The maximum atomic E-state index is 13.5. The molecule has 73 heavy (non-hydrogen) atoms. The number of fused-ring (bicyclic) bond motifs is 2. The molecule has 0 fully saturated rings. The first kappa shape index (κ1) is 57.3. The van der Waals surface area contributed by atoms with Crippen LogP contribution in [0.2, 0.25) is 20.1 Å². The number of esters is 2. The molecule has 4 aliphatic heterocycles. The van der Waals surface area contributed by atoms with Gasteiger partial charge in [-0.3, -0.25) is 14.4 Å². The monoisotopic (exact) mass is 1110 g/mol. The molecular formula is C54H60Cl4N6O7S2. The van der Waals surface area contributed by atoms with E-state index in [2.05, 4.69) is 47.5 Å².